The number of likely N-dealkylation sites (tertiary alicyclic amines) is 1. The highest BCUT2D eigenvalue weighted by Gasteiger charge is 2.21. The van der Waals surface area contributed by atoms with Crippen LogP contribution in [0.3, 0.4) is 0 Å². The molecule has 140 valence electrons. The number of benzene rings is 1. The summed E-state index contributed by atoms with van der Waals surface area (Å²) >= 11 is 0. The first-order valence-corrected chi connectivity index (χ1v) is 10.7. The predicted octanol–water partition coefficient (Wildman–Crippen LogP) is 2.64. The molecule has 25 heavy (non-hydrogen) atoms. The van der Waals surface area contributed by atoms with Crippen molar-refractivity contribution in [2.75, 3.05) is 36.8 Å². The van der Waals surface area contributed by atoms with Crippen molar-refractivity contribution in [3.8, 4) is 5.75 Å². The normalized spacial score (nSPS) is 15.5. The second kappa shape index (κ2) is 9.08. The maximum absolute atomic E-state index is 12.4. The first-order chi connectivity index (χ1) is 11.9. The summed E-state index contributed by atoms with van der Waals surface area (Å²) in [5, 5.41) is 0. The maximum Gasteiger partial charge on any atom is 0.232 e. The van der Waals surface area contributed by atoms with Gasteiger partial charge in [-0.3, -0.25) is 9.10 Å². The molecule has 0 saturated carbocycles. The molecular formula is C18H28N2O4S. The number of rotatable bonds is 7. The van der Waals surface area contributed by atoms with Gasteiger partial charge in [-0.05, 0) is 44.0 Å². The Morgan fingerprint density at radius 3 is 2.24 bits per heavy atom. The zero-order chi connectivity index (χ0) is 18.3. The van der Waals surface area contributed by atoms with Crippen molar-refractivity contribution in [2.45, 2.75) is 39.0 Å². The quantitative estimate of drug-likeness (QED) is 0.742. The number of nitrogens with zero attached hydrogens (tertiary/aromatic N) is 2. The second-order valence-corrected chi connectivity index (χ2v) is 8.21. The molecule has 1 aliphatic heterocycles. The minimum atomic E-state index is -3.45. The van der Waals surface area contributed by atoms with E-state index in [1.165, 1.54) is 10.6 Å². The lowest BCUT2D eigenvalue weighted by Crippen LogP contribution is -2.37. The molecule has 0 bridgehead atoms. The zero-order valence-electron chi connectivity index (χ0n) is 15.1. The number of anilines is 1. The summed E-state index contributed by atoms with van der Waals surface area (Å²) in [4.78, 5) is 14.3. The number of carbonyl (C=O) groups is 1. The number of carbonyl (C=O) groups excluding carboxylic acids is 1. The second-order valence-electron chi connectivity index (χ2n) is 6.31. The minimum Gasteiger partial charge on any atom is -0.494 e. The number of sulfonamides is 1. The fraction of sp³-hybridized carbons (Fsp3) is 0.611. The van der Waals surface area contributed by atoms with Gasteiger partial charge in [-0.1, -0.05) is 12.8 Å². The molecule has 1 amide bonds. The van der Waals surface area contributed by atoms with Gasteiger partial charge in [-0.15, -0.1) is 0 Å². The van der Waals surface area contributed by atoms with Crippen LogP contribution in [0.1, 0.15) is 39.0 Å². The highest BCUT2D eigenvalue weighted by Crippen LogP contribution is 2.22. The Morgan fingerprint density at radius 1 is 1.12 bits per heavy atom. The molecule has 1 aromatic rings. The third kappa shape index (κ3) is 5.92. The summed E-state index contributed by atoms with van der Waals surface area (Å²) in [6.45, 7) is 4.16. The van der Waals surface area contributed by atoms with Crippen LogP contribution in [0.15, 0.2) is 24.3 Å². The van der Waals surface area contributed by atoms with E-state index in [4.69, 9.17) is 4.74 Å². The van der Waals surface area contributed by atoms with E-state index in [0.29, 0.717) is 18.0 Å². The van der Waals surface area contributed by atoms with Crippen molar-refractivity contribution >= 4 is 21.6 Å². The third-order valence-electron chi connectivity index (χ3n) is 4.32. The Bertz CT molecular complexity index is 650. The summed E-state index contributed by atoms with van der Waals surface area (Å²) in [6.07, 6.45) is 5.73. The molecule has 0 spiro atoms. The Morgan fingerprint density at radius 2 is 1.72 bits per heavy atom. The summed E-state index contributed by atoms with van der Waals surface area (Å²) in [7, 11) is -3.45. The van der Waals surface area contributed by atoms with E-state index in [1.807, 2.05) is 11.8 Å². The summed E-state index contributed by atoms with van der Waals surface area (Å²) in [5.74, 6) is 0.724. The molecule has 1 aliphatic rings. The smallest absolute Gasteiger partial charge is 0.232 e. The number of amides is 1. The maximum atomic E-state index is 12.4. The van der Waals surface area contributed by atoms with Crippen molar-refractivity contribution in [1.29, 1.82) is 0 Å². The number of hydrogen-bond acceptors (Lipinski definition) is 4. The van der Waals surface area contributed by atoms with Crippen LogP contribution in [-0.4, -0.2) is 51.7 Å². The van der Waals surface area contributed by atoms with E-state index in [9.17, 15) is 13.2 Å². The van der Waals surface area contributed by atoms with Gasteiger partial charge in [0, 0.05) is 26.1 Å². The first kappa shape index (κ1) is 19.6. The van der Waals surface area contributed by atoms with Crippen LogP contribution < -0.4 is 9.04 Å². The van der Waals surface area contributed by atoms with Gasteiger partial charge >= 0.3 is 0 Å². The molecular weight excluding hydrogens is 340 g/mol. The van der Waals surface area contributed by atoms with Crippen molar-refractivity contribution in [1.82, 2.24) is 4.90 Å². The van der Waals surface area contributed by atoms with Gasteiger partial charge in [0.1, 0.15) is 5.75 Å². The monoisotopic (exact) mass is 368 g/mol. The standard InChI is InChI=1S/C18H28N2O4S/c1-3-24-17-10-8-16(9-11-17)20(25(2,22)23)15-12-18(21)19-13-6-4-5-7-14-19/h8-11H,3-7,12-15H2,1-2H3. The zero-order valence-corrected chi connectivity index (χ0v) is 15.9. The van der Waals surface area contributed by atoms with Crippen LogP contribution >= 0.6 is 0 Å². The van der Waals surface area contributed by atoms with Gasteiger partial charge in [-0.2, -0.15) is 0 Å². The summed E-state index contributed by atoms with van der Waals surface area (Å²) < 4.78 is 31.0. The molecule has 0 radical (unpaired) electrons. The topological polar surface area (TPSA) is 66.9 Å². The lowest BCUT2D eigenvalue weighted by molar-refractivity contribution is -0.130. The summed E-state index contributed by atoms with van der Waals surface area (Å²) in [5.41, 5.74) is 0.551. The minimum absolute atomic E-state index is 0.0292. The van der Waals surface area contributed by atoms with Gasteiger partial charge in [-0.25, -0.2) is 8.42 Å². The fourth-order valence-electron chi connectivity index (χ4n) is 3.04. The molecule has 0 N–H and O–H groups in total. The molecule has 2 rings (SSSR count). The molecule has 0 unspecified atom stereocenters. The lowest BCUT2D eigenvalue weighted by atomic mass is 10.2. The lowest BCUT2D eigenvalue weighted by Gasteiger charge is -2.25. The largest absolute Gasteiger partial charge is 0.494 e. The Kier molecular flexibility index (Phi) is 7.11. The molecule has 1 fully saturated rings. The van der Waals surface area contributed by atoms with E-state index in [-0.39, 0.29) is 18.9 Å². The molecule has 1 saturated heterocycles. The van der Waals surface area contributed by atoms with Crippen LogP contribution in [0.2, 0.25) is 0 Å². The van der Waals surface area contributed by atoms with Crippen molar-refractivity contribution in [3.63, 3.8) is 0 Å². The van der Waals surface area contributed by atoms with E-state index >= 15 is 0 Å². The Hall–Kier alpha value is -1.76. The van der Waals surface area contributed by atoms with Crippen molar-refractivity contribution in [2.24, 2.45) is 0 Å². The highest BCUT2D eigenvalue weighted by atomic mass is 32.2. The van der Waals surface area contributed by atoms with Crippen LogP contribution in [0.4, 0.5) is 5.69 Å². The number of ether oxygens (including phenoxy) is 1. The average molecular weight is 368 g/mol. The predicted molar refractivity (Wildman–Crippen MR) is 99.5 cm³/mol. The van der Waals surface area contributed by atoms with Gasteiger partial charge in [0.15, 0.2) is 0 Å². The van der Waals surface area contributed by atoms with Crippen LogP contribution in [-0.2, 0) is 14.8 Å². The van der Waals surface area contributed by atoms with E-state index < -0.39 is 10.0 Å². The van der Waals surface area contributed by atoms with Crippen LogP contribution in [0, 0.1) is 0 Å². The molecule has 6 nitrogen and oxygen atoms in total. The van der Waals surface area contributed by atoms with Crippen LogP contribution in [0.25, 0.3) is 0 Å². The van der Waals surface area contributed by atoms with E-state index in [1.54, 1.807) is 24.3 Å². The van der Waals surface area contributed by atoms with Gasteiger partial charge in [0.2, 0.25) is 15.9 Å². The molecule has 0 atom stereocenters. The first-order valence-electron chi connectivity index (χ1n) is 8.90. The van der Waals surface area contributed by atoms with Crippen molar-refractivity contribution < 1.29 is 17.9 Å². The average Bonchev–Trinajstić information content (AvgIpc) is 2.85. The van der Waals surface area contributed by atoms with Gasteiger partial charge in [0.05, 0.1) is 18.6 Å². The SMILES string of the molecule is CCOc1ccc(N(CCC(=O)N2CCCCCC2)S(C)(=O)=O)cc1. The molecule has 7 heteroatoms. The van der Waals surface area contributed by atoms with Crippen molar-refractivity contribution in [3.05, 3.63) is 24.3 Å². The van der Waals surface area contributed by atoms with Crippen LogP contribution in [0.5, 0.6) is 5.75 Å². The van der Waals surface area contributed by atoms with Gasteiger partial charge < -0.3 is 9.64 Å². The van der Waals surface area contributed by atoms with E-state index in [2.05, 4.69) is 0 Å². The molecule has 1 aromatic carbocycles. The summed E-state index contributed by atoms with van der Waals surface area (Å²) in [6, 6.07) is 6.91. The number of hydrogen-bond donors (Lipinski definition) is 0. The molecule has 0 aliphatic carbocycles. The van der Waals surface area contributed by atoms with Gasteiger partial charge in [0.25, 0.3) is 0 Å². The molecule has 1 heterocycles. The third-order valence-corrected chi connectivity index (χ3v) is 5.52. The van der Waals surface area contributed by atoms with E-state index in [0.717, 1.165) is 38.8 Å². The fourth-order valence-corrected chi connectivity index (χ4v) is 3.96. The molecule has 0 aromatic heterocycles. The highest BCUT2D eigenvalue weighted by molar-refractivity contribution is 7.92. The Balaban J connectivity index is 2.04. The Labute approximate surface area is 150 Å².